The number of benzene rings is 2. The number of nitrogens with zero attached hydrogens (tertiary/aromatic N) is 3. The Balaban J connectivity index is 1.36. The third-order valence-electron chi connectivity index (χ3n) is 5.11. The molecule has 0 amide bonds. The van der Waals surface area contributed by atoms with Crippen molar-refractivity contribution in [3.05, 3.63) is 92.7 Å². The largest absolute Gasteiger partial charge is 0.416 e. The molecule has 0 unspecified atom stereocenters. The van der Waals surface area contributed by atoms with Crippen molar-refractivity contribution < 1.29 is 4.42 Å². The molecule has 8 heteroatoms. The van der Waals surface area contributed by atoms with Crippen LogP contribution in [0.4, 0.5) is 0 Å². The number of nitrogens with one attached hydrogen (secondary N) is 1. The van der Waals surface area contributed by atoms with Gasteiger partial charge in [0.15, 0.2) is 0 Å². The standard InChI is InChI=1S/C24H20N4O2S2/c1-14-8-10-17(11-9-14)20-15(2)32-23-21(20)22(29)25-18(26-23)13-31-24-28-27-19(30-24)12-16-6-4-3-5-7-16/h3-11H,12-13H2,1-2H3,(H,25,26,29). The SMILES string of the molecule is Cc1ccc(-c2c(C)sc3nc(CSc4nnc(Cc5ccccc5)o4)[nH]c(=O)c23)cc1. The number of hydrogen-bond donors (Lipinski definition) is 1. The minimum absolute atomic E-state index is 0.124. The van der Waals surface area contributed by atoms with E-state index in [1.54, 1.807) is 11.3 Å². The van der Waals surface area contributed by atoms with Gasteiger partial charge in [0.1, 0.15) is 10.7 Å². The fourth-order valence-electron chi connectivity index (χ4n) is 3.57. The van der Waals surface area contributed by atoms with Crippen molar-refractivity contribution in [2.45, 2.75) is 31.2 Å². The molecule has 0 aliphatic rings. The first-order valence-electron chi connectivity index (χ1n) is 10.2. The highest BCUT2D eigenvalue weighted by Crippen LogP contribution is 2.35. The second-order valence-electron chi connectivity index (χ2n) is 7.50. The molecular formula is C24H20N4O2S2. The summed E-state index contributed by atoms with van der Waals surface area (Å²) in [6.07, 6.45) is 0.589. The van der Waals surface area contributed by atoms with Crippen molar-refractivity contribution in [3.63, 3.8) is 0 Å². The van der Waals surface area contributed by atoms with E-state index in [9.17, 15) is 4.79 Å². The van der Waals surface area contributed by atoms with Crippen LogP contribution >= 0.6 is 23.1 Å². The van der Waals surface area contributed by atoms with Gasteiger partial charge in [0.25, 0.3) is 10.8 Å². The molecule has 0 saturated heterocycles. The maximum Gasteiger partial charge on any atom is 0.277 e. The van der Waals surface area contributed by atoms with Crippen LogP contribution in [0.5, 0.6) is 0 Å². The lowest BCUT2D eigenvalue weighted by Crippen LogP contribution is -2.10. The van der Waals surface area contributed by atoms with Gasteiger partial charge in [-0.2, -0.15) is 0 Å². The lowest BCUT2D eigenvalue weighted by atomic mass is 10.0. The van der Waals surface area contributed by atoms with Crippen LogP contribution in [0.1, 0.15) is 27.7 Å². The number of aromatic nitrogens is 4. The zero-order valence-electron chi connectivity index (χ0n) is 17.6. The van der Waals surface area contributed by atoms with Crippen molar-refractivity contribution in [1.29, 1.82) is 0 Å². The Labute approximate surface area is 192 Å². The van der Waals surface area contributed by atoms with Crippen LogP contribution < -0.4 is 5.56 Å². The second-order valence-corrected chi connectivity index (χ2v) is 9.63. The molecule has 1 N–H and O–H groups in total. The van der Waals surface area contributed by atoms with Gasteiger partial charge in [-0.1, -0.05) is 71.9 Å². The Bertz CT molecular complexity index is 1440. The highest BCUT2D eigenvalue weighted by molar-refractivity contribution is 7.98. The van der Waals surface area contributed by atoms with E-state index >= 15 is 0 Å². The number of fused-ring (bicyclic) bond motifs is 1. The van der Waals surface area contributed by atoms with E-state index < -0.39 is 0 Å². The summed E-state index contributed by atoms with van der Waals surface area (Å²) in [6.45, 7) is 4.08. The van der Waals surface area contributed by atoms with Gasteiger partial charge in [0, 0.05) is 10.4 Å². The van der Waals surface area contributed by atoms with E-state index in [2.05, 4.69) is 46.4 Å². The van der Waals surface area contributed by atoms with E-state index in [1.165, 1.54) is 17.3 Å². The van der Waals surface area contributed by atoms with E-state index in [-0.39, 0.29) is 5.56 Å². The van der Waals surface area contributed by atoms with Crippen LogP contribution in [0, 0.1) is 13.8 Å². The molecule has 6 nitrogen and oxygen atoms in total. The van der Waals surface area contributed by atoms with Gasteiger partial charge < -0.3 is 9.40 Å². The number of thioether (sulfide) groups is 1. The lowest BCUT2D eigenvalue weighted by Gasteiger charge is -2.03. The zero-order chi connectivity index (χ0) is 22.1. The number of aromatic amines is 1. The average molecular weight is 461 g/mol. The molecule has 5 aromatic rings. The summed E-state index contributed by atoms with van der Waals surface area (Å²) < 4.78 is 5.74. The third kappa shape index (κ3) is 4.24. The highest BCUT2D eigenvalue weighted by Gasteiger charge is 2.17. The second kappa shape index (κ2) is 8.72. The minimum atomic E-state index is -0.124. The molecule has 0 saturated carbocycles. The molecule has 3 heterocycles. The number of thiophene rings is 1. The zero-order valence-corrected chi connectivity index (χ0v) is 19.2. The van der Waals surface area contributed by atoms with Crippen molar-refractivity contribution in [2.24, 2.45) is 0 Å². The fraction of sp³-hybridized carbons (Fsp3) is 0.167. The molecule has 0 bridgehead atoms. The van der Waals surface area contributed by atoms with Crippen LogP contribution in [0.2, 0.25) is 0 Å². The molecule has 0 aliphatic carbocycles. The summed E-state index contributed by atoms with van der Waals surface area (Å²) in [4.78, 5) is 22.4. The van der Waals surface area contributed by atoms with Crippen molar-refractivity contribution in [3.8, 4) is 11.1 Å². The molecule has 2 aromatic carbocycles. The fourth-order valence-corrected chi connectivity index (χ4v) is 5.28. The van der Waals surface area contributed by atoms with Crippen LogP contribution in [0.3, 0.4) is 0 Å². The van der Waals surface area contributed by atoms with Crippen LogP contribution in [0.15, 0.2) is 69.0 Å². The Morgan fingerprint density at radius 1 is 1.03 bits per heavy atom. The summed E-state index contributed by atoms with van der Waals surface area (Å²) in [6, 6.07) is 18.2. The molecule has 3 aromatic heterocycles. The summed E-state index contributed by atoms with van der Waals surface area (Å²) in [5, 5.41) is 9.33. The van der Waals surface area contributed by atoms with E-state index in [4.69, 9.17) is 9.40 Å². The average Bonchev–Trinajstić information content (AvgIpc) is 3.37. The summed E-state index contributed by atoms with van der Waals surface area (Å²) in [5.41, 5.74) is 4.17. The molecular weight excluding hydrogens is 440 g/mol. The maximum absolute atomic E-state index is 12.9. The van der Waals surface area contributed by atoms with E-state index in [1.807, 2.05) is 37.3 Å². The topological polar surface area (TPSA) is 84.7 Å². The van der Waals surface area contributed by atoms with Crippen molar-refractivity contribution in [1.82, 2.24) is 20.2 Å². The normalized spacial score (nSPS) is 11.3. The Kier molecular flexibility index (Phi) is 5.63. The monoisotopic (exact) mass is 460 g/mol. The van der Waals surface area contributed by atoms with Crippen LogP contribution in [-0.4, -0.2) is 20.2 Å². The van der Waals surface area contributed by atoms with Gasteiger partial charge in [-0.3, -0.25) is 4.79 Å². The lowest BCUT2D eigenvalue weighted by molar-refractivity contribution is 0.420. The first kappa shape index (κ1) is 20.7. The Morgan fingerprint density at radius 3 is 2.59 bits per heavy atom. The maximum atomic E-state index is 12.9. The van der Waals surface area contributed by atoms with Gasteiger partial charge in [-0.15, -0.1) is 21.5 Å². The van der Waals surface area contributed by atoms with Gasteiger partial charge in [-0.05, 0) is 25.0 Å². The van der Waals surface area contributed by atoms with Crippen molar-refractivity contribution in [2.75, 3.05) is 0 Å². The van der Waals surface area contributed by atoms with Crippen LogP contribution in [0.25, 0.3) is 21.3 Å². The molecule has 0 aliphatic heterocycles. The van der Waals surface area contributed by atoms with Gasteiger partial charge in [-0.25, -0.2) is 4.98 Å². The van der Waals surface area contributed by atoms with Gasteiger partial charge >= 0.3 is 0 Å². The molecule has 0 fully saturated rings. The number of aryl methyl sites for hydroxylation is 2. The van der Waals surface area contributed by atoms with E-state index in [0.717, 1.165) is 26.4 Å². The first-order chi connectivity index (χ1) is 15.6. The third-order valence-corrected chi connectivity index (χ3v) is 6.93. The molecule has 160 valence electrons. The smallest absolute Gasteiger partial charge is 0.277 e. The predicted molar refractivity (Wildman–Crippen MR) is 128 cm³/mol. The van der Waals surface area contributed by atoms with Gasteiger partial charge in [0.05, 0.1) is 17.6 Å². The minimum Gasteiger partial charge on any atom is -0.416 e. The number of hydrogen-bond acceptors (Lipinski definition) is 7. The first-order valence-corrected chi connectivity index (χ1v) is 12.0. The molecule has 0 atom stereocenters. The van der Waals surface area contributed by atoms with Gasteiger partial charge in [0.2, 0.25) is 5.89 Å². The summed E-state index contributed by atoms with van der Waals surface area (Å²) in [5.74, 6) is 1.59. The molecule has 32 heavy (non-hydrogen) atoms. The molecule has 0 spiro atoms. The Morgan fingerprint density at radius 2 is 1.81 bits per heavy atom. The van der Waals surface area contributed by atoms with E-state index in [0.29, 0.717) is 34.5 Å². The Hall–Kier alpha value is -3.23. The quantitative estimate of drug-likeness (QED) is 0.335. The van der Waals surface area contributed by atoms with Crippen LogP contribution in [-0.2, 0) is 12.2 Å². The molecule has 5 rings (SSSR count). The predicted octanol–water partition coefficient (Wildman–Crippen LogP) is 5.53. The summed E-state index contributed by atoms with van der Waals surface area (Å²) >= 11 is 2.90. The van der Waals surface area contributed by atoms with Crippen molar-refractivity contribution >= 4 is 33.3 Å². The summed E-state index contributed by atoms with van der Waals surface area (Å²) in [7, 11) is 0. The highest BCUT2D eigenvalue weighted by atomic mass is 32.2. The number of H-pyrrole nitrogens is 1. The number of rotatable bonds is 6. The molecule has 0 radical (unpaired) electrons.